The summed E-state index contributed by atoms with van der Waals surface area (Å²) in [4.78, 5) is 19.3. The molecule has 0 fully saturated rings. The van der Waals surface area contributed by atoms with Crippen LogP contribution in [0.2, 0.25) is 0 Å². The van der Waals surface area contributed by atoms with Gasteiger partial charge in [0.15, 0.2) is 17.5 Å². The monoisotopic (exact) mass is 707 g/mol. The molecule has 0 bridgehead atoms. The summed E-state index contributed by atoms with van der Waals surface area (Å²) in [5, 5.41) is 2.46. The molecule has 9 aromatic rings. The van der Waals surface area contributed by atoms with Crippen LogP contribution in [-0.4, -0.2) is 24.5 Å². The molecule has 0 saturated heterocycles. The summed E-state index contributed by atoms with van der Waals surface area (Å²) in [6, 6.07) is 56.7. The Labute approximate surface area is 320 Å². The van der Waals surface area contributed by atoms with Crippen LogP contribution in [0.1, 0.15) is 23.5 Å². The molecule has 0 aliphatic heterocycles. The fraction of sp³-hybridized carbons (Fsp3) is 0.0400. The lowest BCUT2D eigenvalue weighted by atomic mass is 9.88. The van der Waals surface area contributed by atoms with Crippen LogP contribution in [0.4, 0.5) is 0 Å². The van der Waals surface area contributed by atoms with Crippen LogP contribution in [0.3, 0.4) is 0 Å². The number of rotatable bonds is 10. The predicted molar refractivity (Wildman–Crippen MR) is 227 cm³/mol. The van der Waals surface area contributed by atoms with E-state index in [0.717, 1.165) is 55.7 Å². The van der Waals surface area contributed by atoms with Gasteiger partial charge in [-0.25, -0.2) is 15.0 Å². The van der Waals surface area contributed by atoms with E-state index >= 15 is 0 Å². The van der Waals surface area contributed by atoms with Crippen molar-refractivity contribution in [3.63, 3.8) is 0 Å². The molecule has 1 atom stereocenters. The molecular formula is C50H37N5. The molecule has 0 spiro atoms. The van der Waals surface area contributed by atoms with E-state index in [9.17, 15) is 0 Å². The van der Waals surface area contributed by atoms with Gasteiger partial charge in [0.25, 0.3) is 0 Å². The molecule has 0 aliphatic carbocycles. The lowest BCUT2D eigenvalue weighted by molar-refractivity contribution is 0.880. The Morgan fingerprint density at radius 2 is 1.16 bits per heavy atom. The van der Waals surface area contributed by atoms with E-state index < -0.39 is 0 Å². The van der Waals surface area contributed by atoms with Crippen LogP contribution in [0, 0.1) is 0 Å². The second-order valence-electron chi connectivity index (χ2n) is 13.7. The second kappa shape index (κ2) is 14.6. The summed E-state index contributed by atoms with van der Waals surface area (Å²) in [6.45, 7) is 8.87. The summed E-state index contributed by atoms with van der Waals surface area (Å²) in [5.41, 5.74) is 11.7. The fourth-order valence-electron chi connectivity index (χ4n) is 7.37. The van der Waals surface area contributed by atoms with Crippen molar-refractivity contribution < 1.29 is 0 Å². The summed E-state index contributed by atoms with van der Waals surface area (Å²) in [6.07, 6.45) is 6.38. The Bertz CT molecular complexity index is 2810. The Morgan fingerprint density at radius 1 is 0.545 bits per heavy atom. The van der Waals surface area contributed by atoms with Gasteiger partial charge in [-0.2, -0.15) is 0 Å². The number of benzene rings is 6. The molecule has 9 rings (SSSR count). The topological polar surface area (TPSA) is 56.5 Å². The quantitative estimate of drug-likeness (QED) is 0.133. The van der Waals surface area contributed by atoms with Crippen molar-refractivity contribution in [3.05, 3.63) is 207 Å². The zero-order valence-electron chi connectivity index (χ0n) is 30.3. The first kappa shape index (κ1) is 33.6. The van der Waals surface area contributed by atoms with Crippen molar-refractivity contribution in [3.8, 4) is 51.0 Å². The van der Waals surface area contributed by atoms with Gasteiger partial charge in [0, 0.05) is 51.5 Å². The van der Waals surface area contributed by atoms with Crippen molar-refractivity contribution in [2.24, 2.45) is 0 Å². The summed E-state index contributed by atoms with van der Waals surface area (Å²) >= 11 is 0. The number of allylic oxidation sites excluding steroid dienone is 2. The van der Waals surface area contributed by atoms with Gasteiger partial charge < -0.3 is 4.57 Å². The van der Waals surface area contributed by atoms with Crippen LogP contribution in [-0.2, 0) is 0 Å². The van der Waals surface area contributed by atoms with Gasteiger partial charge in [-0.05, 0) is 70.6 Å². The van der Waals surface area contributed by atoms with Crippen LogP contribution in [0.15, 0.2) is 195 Å². The van der Waals surface area contributed by atoms with Crippen LogP contribution in [0.5, 0.6) is 0 Å². The average Bonchev–Trinajstić information content (AvgIpc) is 3.60. The molecule has 6 aromatic carbocycles. The molecule has 0 amide bonds. The first-order valence-corrected chi connectivity index (χ1v) is 18.4. The zero-order chi connectivity index (χ0) is 37.1. The van der Waals surface area contributed by atoms with Gasteiger partial charge >= 0.3 is 0 Å². The molecule has 262 valence electrons. The maximum Gasteiger partial charge on any atom is 0.164 e. The number of hydrogen-bond donors (Lipinski definition) is 0. The van der Waals surface area contributed by atoms with Crippen molar-refractivity contribution >= 4 is 27.4 Å². The van der Waals surface area contributed by atoms with Crippen molar-refractivity contribution in [1.82, 2.24) is 24.5 Å². The van der Waals surface area contributed by atoms with Crippen molar-refractivity contribution in [1.29, 1.82) is 0 Å². The van der Waals surface area contributed by atoms with E-state index in [2.05, 4.69) is 150 Å². The lowest BCUT2D eigenvalue weighted by Gasteiger charge is -2.17. The Balaban J connectivity index is 1.05. The smallest absolute Gasteiger partial charge is 0.164 e. The van der Waals surface area contributed by atoms with Crippen molar-refractivity contribution in [2.45, 2.75) is 12.3 Å². The number of para-hydroxylation sites is 2. The van der Waals surface area contributed by atoms with Gasteiger partial charge in [-0.15, -0.1) is 6.58 Å². The SMILES string of the molecule is C=CC(CC(=C)c1ccc2c3ccccc3n(-c3ccccc3)c2c1)c1cccc(-c2nc(-c3ccccc3)nc(-c3ccc(-c4cccnc4)cc3)n2)c1. The minimum absolute atomic E-state index is 0.0260. The lowest BCUT2D eigenvalue weighted by Crippen LogP contribution is -2.02. The molecule has 1 unspecified atom stereocenters. The van der Waals surface area contributed by atoms with Crippen LogP contribution < -0.4 is 0 Å². The maximum atomic E-state index is 5.04. The highest BCUT2D eigenvalue weighted by Crippen LogP contribution is 2.37. The average molecular weight is 708 g/mol. The molecule has 0 aliphatic rings. The van der Waals surface area contributed by atoms with E-state index in [1.807, 2.05) is 48.7 Å². The third-order valence-electron chi connectivity index (χ3n) is 10.2. The maximum absolute atomic E-state index is 5.04. The first-order valence-electron chi connectivity index (χ1n) is 18.4. The largest absolute Gasteiger partial charge is 0.309 e. The molecule has 0 radical (unpaired) electrons. The van der Waals surface area contributed by atoms with E-state index in [0.29, 0.717) is 23.9 Å². The van der Waals surface area contributed by atoms with E-state index in [1.54, 1.807) is 6.20 Å². The molecule has 5 nitrogen and oxygen atoms in total. The minimum Gasteiger partial charge on any atom is -0.309 e. The molecule has 3 heterocycles. The third-order valence-corrected chi connectivity index (χ3v) is 10.2. The Kier molecular flexibility index (Phi) is 8.94. The highest BCUT2D eigenvalue weighted by Gasteiger charge is 2.18. The van der Waals surface area contributed by atoms with Crippen molar-refractivity contribution in [2.75, 3.05) is 0 Å². The Morgan fingerprint density at radius 3 is 1.89 bits per heavy atom. The summed E-state index contributed by atoms with van der Waals surface area (Å²) in [7, 11) is 0. The third kappa shape index (κ3) is 6.64. The number of hydrogen-bond acceptors (Lipinski definition) is 4. The van der Waals surface area contributed by atoms with E-state index in [1.165, 1.54) is 16.3 Å². The highest BCUT2D eigenvalue weighted by atomic mass is 15.0. The predicted octanol–water partition coefficient (Wildman–Crippen LogP) is 12.4. The normalized spacial score (nSPS) is 11.8. The van der Waals surface area contributed by atoms with Gasteiger partial charge in [0.2, 0.25) is 0 Å². The van der Waals surface area contributed by atoms with Gasteiger partial charge in [0.05, 0.1) is 11.0 Å². The van der Waals surface area contributed by atoms with Gasteiger partial charge in [-0.3, -0.25) is 4.98 Å². The van der Waals surface area contributed by atoms with E-state index in [4.69, 9.17) is 15.0 Å². The fourth-order valence-corrected chi connectivity index (χ4v) is 7.37. The van der Waals surface area contributed by atoms with Crippen LogP contribution in [0.25, 0.3) is 78.4 Å². The number of aromatic nitrogens is 5. The van der Waals surface area contributed by atoms with Gasteiger partial charge in [-0.1, -0.05) is 140 Å². The van der Waals surface area contributed by atoms with E-state index in [-0.39, 0.29) is 5.92 Å². The van der Waals surface area contributed by atoms with Gasteiger partial charge in [0.1, 0.15) is 0 Å². The second-order valence-corrected chi connectivity index (χ2v) is 13.7. The Hall–Kier alpha value is -7.24. The molecule has 0 saturated carbocycles. The molecule has 5 heteroatoms. The molecule has 55 heavy (non-hydrogen) atoms. The molecular weight excluding hydrogens is 671 g/mol. The minimum atomic E-state index is 0.0260. The summed E-state index contributed by atoms with van der Waals surface area (Å²) in [5.74, 6) is 1.88. The zero-order valence-corrected chi connectivity index (χ0v) is 30.3. The summed E-state index contributed by atoms with van der Waals surface area (Å²) < 4.78 is 2.34. The highest BCUT2D eigenvalue weighted by molar-refractivity contribution is 6.09. The molecule has 3 aromatic heterocycles. The first-order chi connectivity index (χ1) is 27.1. The standard InChI is InChI=1S/C50H37N5/c1-3-35(30-34(2)39-27-28-45-44-21-10-11-22-46(44)55(47(45)32-39)43-19-8-5-9-20-43)40-16-12-17-41(31-40)50-53-48(37-14-6-4-7-15-37)52-49(54-50)38-25-23-36(24-26-38)42-18-13-29-51-33-42/h3-29,31-33,35H,1-2,30H2. The molecule has 0 N–H and O–H groups in total. The number of nitrogens with zero attached hydrogens (tertiary/aromatic N) is 5. The number of fused-ring (bicyclic) bond motifs is 3. The number of pyridine rings is 1. The van der Waals surface area contributed by atoms with Crippen LogP contribution >= 0.6 is 0 Å².